The van der Waals surface area contributed by atoms with Crippen molar-refractivity contribution in [3.8, 4) is 0 Å². The summed E-state index contributed by atoms with van der Waals surface area (Å²) in [5.41, 5.74) is 0.0642. The number of aliphatic hydroxyl groups excluding tert-OH is 1. The molecule has 0 saturated carbocycles. The van der Waals surface area contributed by atoms with Gasteiger partial charge in [-0.15, -0.1) is 0 Å². The molecule has 2 rings (SSSR count). The Morgan fingerprint density at radius 1 is 1.15 bits per heavy atom. The van der Waals surface area contributed by atoms with Crippen molar-refractivity contribution in [2.75, 3.05) is 32.9 Å². The molecule has 0 amide bonds. The van der Waals surface area contributed by atoms with E-state index in [1.807, 2.05) is 0 Å². The van der Waals surface area contributed by atoms with Crippen molar-refractivity contribution in [1.82, 2.24) is 4.90 Å². The number of hydrogen-bond donors (Lipinski definition) is 1. The fraction of sp³-hybridized carbons (Fsp3) is 1.00. The van der Waals surface area contributed by atoms with Gasteiger partial charge in [0.1, 0.15) is 0 Å². The Bertz CT molecular complexity index is 160. The van der Waals surface area contributed by atoms with E-state index in [0.29, 0.717) is 6.61 Å². The zero-order valence-corrected chi connectivity index (χ0v) is 8.17. The van der Waals surface area contributed by atoms with Crippen LogP contribution in [-0.4, -0.2) is 48.5 Å². The SMILES string of the molecule is OCC1(N2CCCC2)CCOCC1. The molecule has 0 aromatic heterocycles. The van der Waals surface area contributed by atoms with E-state index >= 15 is 0 Å². The summed E-state index contributed by atoms with van der Waals surface area (Å²) >= 11 is 0. The molecule has 2 aliphatic heterocycles. The Kier molecular flexibility index (Phi) is 2.86. The monoisotopic (exact) mass is 185 g/mol. The Balaban J connectivity index is 2.03. The van der Waals surface area contributed by atoms with Crippen LogP contribution >= 0.6 is 0 Å². The highest BCUT2D eigenvalue weighted by Gasteiger charge is 2.38. The standard InChI is InChI=1S/C10H19NO2/c12-9-10(3-7-13-8-4-10)11-5-1-2-6-11/h12H,1-9H2. The predicted octanol–water partition coefficient (Wildman–Crippen LogP) is 0.624. The third-order valence-corrected chi connectivity index (χ3v) is 3.49. The Hall–Kier alpha value is -0.120. The average Bonchev–Trinajstić information content (AvgIpc) is 2.72. The average molecular weight is 185 g/mol. The third-order valence-electron chi connectivity index (χ3n) is 3.49. The van der Waals surface area contributed by atoms with E-state index in [1.54, 1.807) is 0 Å². The van der Waals surface area contributed by atoms with Gasteiger partial charge in [-0.3, -0.25) is 4.90 Å². The van der Waals surface area contributed by atoms with E-state index in [0.717, 1.165) is 26.1 Å². The number of aliphatic hydroxyl groups is 1. The summed E-state index contributed by atoms with van der Waals surface area (Å²) in [6.07, 6.45) is 4.60. The van der Waals surface area contributed by atoms with Gasteiger partial charge in [-0.25, -0.2) is 0 Å². The molecule has 0 aromatic carbocycles. The Morgan fingerprint density at radius 3 is 2.31 bits per heavy atom. The second-order valence-electron chi connectivity index (χ2n) is 4.19. The maximum atomic E-state index is 9.50. The highest BCUT2D eigenvalue weighted by atomic mass is 16.5. The topological polar surface area (TPSA) is 32.7 Å². The van der Waals surface area contributed by atoms with Crippen molar-refractivity contribution in [3.05, 3.63) is 0 Å². The lowest BCUT2D eigenvalue weighted by molar-refractivity contribution is -0.0472. The van der Waals surface area contributed by atoms with Gasteiger partial charge in [-0.1, -0.05) is 0 Å². The first-order valence-corrected chi connectivity index (χ1v) is 5.31. The maximum Gasteiger partial charge on any atom is 0.0617 e. The van der Waals surface area contributed by atoms with Crippen molar-refractivity contribution in [3.63, 3.8) is 0 Å². The van der Waals surface area contributed by atoms with Gasteiger partial charge in [-0.05, 0) is 38.8 Å². The number of rotatable bonds is 2. The van der Waals surface area contributed by atoms with E-state index < -0.39 is 0 Å². The second kappa shape index (κ2) is 3.95. The van der Waals surface area contributed by atoms with Crippen molar-refractivity contribution < 1.29 is 9.84 Å². The summed E-state index contributed by atoms with van der Waals surface area (Å²) in [6.45, 7) is 4.27. The van der Waals surface area contributed by atoms with Gasteiger partial charge >= 0.3 is 0 Å². The van der Waals surface area contributed by atoms with Gasteiger partial charge in [0.2, 0.25) is 0 Å². The fourth-order valence-electron chi connectivity index (χ4n) is 2.52. The molecule has 3 heteroatoms. The minimum atomic E-state index is 0.0642. The number of ether oxygens (including phenoxy) is 1. The lowest BCUT2D eigenvalue weighted by Gasteiger charge is -2.43. The summed E-state index contributed by atoms with van der Waals surface area (Å²) in [7, 11) is 0. The molecule has 0 radical (unpaired) electrons. The molecule has 0 atom stereocenters. The molecule has 2 heterocycles. The Labute approximate surface area is 79.7 Å². The van der Waals surface area contributed by atoms with Gasteiger partial charge in [-0.2, -0.15) is 0 Å². The summed E-state index contributed by atoms with van der Waals surface area (Å²) in [6, 6.07) is 0. The second-order valence-corrected chi connectivity index (χ2v) is 4.19. The molecule has 0 aromatic rings. The first kappa shape index (κ1) is 9.44. The summed E-state index contributed by atoms with van der Waals surface area (Å²) < 4.78 is 5.35. The maximum absolute atomic E-state index is 9.50. The number of nitrogens with zero attached hydrogens (tertiary/aromatic N) is 1. The molecular weight excluding hydrogens is 166 g/mol. The van der Waals surface area contributed by atoms with Crippen LogP contribution in [0.1, 0.15) is 25.7 Å². The van der Waals surface area contributed by atoms with Gasteiger partial charge in [0.25, 0.3) is 0 Å². The molecule has 2 aliphatic rings. The zero-order chi connectivity index (χ0) is 9.15. The number of likely N-dealkylation sites (tertiary alicyclic amines) is 1. The molecule has 76 valence electrons. The summed E-state index contributed by atoms with van der Waals surface area (Å²) in [5.74, 6) is 0. The van der Waals surface area contributed by atoms with E-state index in [9.17, 15) is 5.11 Å². The van der Waals surface area contributed by atoms with Gasteiger partial charge in [0.05, 0.1) is 6.61 Å². The van der Waals surface area contributed by atoms with Crippen LogP contribution in [0.3, 0.4) is 0 Å². The lowest BCUT2D eigenvalue weighted by Crippen LogP contribution is -2.53. The highest BCUT2D eigenvalue weighted by molar-refractivity contribution is 4.93. The smallest absolute Gasteiger partial charge is 0.0617 e. The molecule has 13 heavy (non-hydrogen) atoms. The van der Waals surface area contributed by atoms with Gasteiger partial charge < -0.3 is 9.84 Å². The van der Waals surface area contributed by atoms with Crippen LogP contribution in [0.2, 0.25) is 0 Å². The molecule has 0 aliphatic carbocycles. The van der Waals surface area contributed by atoms with E-state index in [1.165, 1.54) is 25.9 Å². The van der Waals surface area contributed by atoms with Crippen molar-refractivity contribution in [1.29, 1.82) is 0 Å². The summed E-state index contributed by atoms with van der Waals surface area (Å²) in [4.78, 5) is 2.47. The van der Waals surface area contributed by atoms with Crippen LogP contribution in [-0.2, 0) is 4.74 Å². The molecule has 0 unspecified atom stereocenters. The van der Waals surface area contributed by atoms with Crippen LogP contribution in [0.5, 0.6) is 0 Å². The zero-order valence-electron chi connectivity index (χ0n) is 8.17. The first-order chi connectivity index (χ1) is 6.37. The van der Waals surface area contributed by atoms with E-state index in [-0.39, 0.29) is 5.54 Å². The molecular formula is C10H19NO2. The van der Waals surface area contributed by atoms with Crippen LogP contribution in [0.4, 0.5) is 0 Å². The summed E-state index contributed by atoms with van der Waals surface area (Å²) in [5, 5.41) is 9.50. The molecule has 1 N–H and O–H groups in total. The molecule has 3 nitrogen and oxygen atoms in total. The van der Waals surface area contributed by atoms with E-state index in [4.69, 9.17) is 4.74 Å². The third kappa shape index (κ3) is 1.73. The van der Waals surface area contributed by atoms with Crippen molar-refractivity contribution >= 4 is 0 Å². The van der Waals surface area contributed by atoms with Gasteiger partial charge in [0, 0.05) is 18.8 Å². The minimum Gasteiger partial charge on any atom is -0.394 e. The van der Waals surface area contributed by atoms with E-state index in [2.05, 4.69) is 4.90 Å². The Morgan fingerprint density at radius 2 is 1.77 bits per heavy atom. The highest BCUT2D eigenvalue weighted by Crippen LogP contribution is 2.30. The largest absolute Gasteiger partial charge is 0.394 e. The quantitative estimate of drug-likeness (QED) is 0.684. The van der Waals surface area contributed by atoms with Crippen LogP contribution < -0.4 is 0 Å². The van der Waals surface area contributed by atoms with Crippen LogP contribution in [0.25, 0.3) is 0 Å². The first-order valence-electron chi connectivity index (χ1n) is 5.31. The van der Waals surface area contributed by atoms with Crippen LogP contribution in [0.15, 0.2) is 0 Å². The minimum absolute atomic E-state index is 0.0642. The predicted molar refractivity (Wildman–Crippen MR) is 50.7 cm³/mol. The molecule has 0 bridgehead atoms. The molecule has 2 saturated heterocycles. The van der Waals surface area contributed by atoms with Crippen molar-refractivity contribution in [2.45, 2.75) is 31.2 Å². The fourth-order valence-corrected chi connectivity index (χ4v) is 2.52. The number of hydrogen-bond acceptors (Lipinski definition) is 3. The van der Waals surface area contributed by atoms with Gasteiger partial charge in [0.15, 0.2) is 0 Å². The lowest BCUT2D eigenvalue weighted by atomic mass is 9.89. The normalized spacial score (nSPS) is 29.3. The molecule has 2 fully saturated rings. The molecule has 0 spiro atoms. The van der Waals surface area contributed by atoms with Crippen LogP contribution in [0, 0.1) is 0 Å². The van der Waals surface area contributed by atoms with Crippen molar-refractivity contribution in [2.24, 2.45) is 0 Å².